The summed E-state index contributed by atoms with van der Waals surface area (Å²) in [6, 6.07) is 14.5. The van der Waals surface area contributed by atoms with Gasteiger partial charge in [0.25, 0.3) is 5.91 Å². The Morgan fingerprint density at radius 3 is 2.27 bits per heavy atom. The number of aromatic nitrogens is 3. The minimum Gasteiger partial charge on any atom is -0.425 e. The van der Waals surface area contributed by atoms with Crippen LogP contribution in [0.25, 0.3) is 11.0 Å². The Morgan fingerprint density at radius 2 is 1.59 bits per heavy atom. The number of halogens is 3. The SMILES string of the molecule is CC(C)(C)OC(=O)N1C(=[NH+][C@](I)(CCN2CCC(OC3CCN(C(=O)[C@H](NC(=O)c4cccc(C5CC5)c4F)C4CCCCC4)CC3)CC2)c2ccc(Cl)cc2)C12CCN(c1ncnc3[nH]ccc13)CC2. The molecule has 14 nitrogen and oxygen atoms in total. The number of rotatable bonds is 13. The molecule has 71 heavy (non-hydrogen) atoms. The Balaban J connectivity index is 0.756. The number of likely N-dealkylation sites (tertiary alicyclic amines) is 2. The number of aromatic amines is 1. The highest BCUT2D eigenvalue weighted by atomic mass is 127. The zero-order valence-electron chi connectivity index (χ0n) is 41.4. The minimum atomic E-state index is -0.664. The van der Waals surface area contributed by atoms with Crippen LogP contribution in [0.15, 0.2) is 61.1 Å². The maximum absolute atomic E-state index is 15.5. The van der Waals surface area contributed by atoms with Crippen LogP contribution in [0.1, 0.15) is 138 Å². The first kappa shape index (κ1) is 50.2. The van der Waals surface area contributed by atoms with E-state index in [1.54, 1.807) is 24.5 Å². The standard InChI is InChI=1S/C54H68ClFIN9O5/c1-52(2,3)71-51(69)66-50(53(66)23-32-64(33-24-53)47-43-18-26-58-46(43)59-34-60-47)62-54(57,37-14-16-38(55)17-15-37)25-31-63-27-19-39(20-28-63)70-40-21-29-65(30-22-40)49(68)45(36-8-5-4-6-9-36)61-48(67)42-11-7-10-41(44(42)56)35-12-13-35/h7,10-11,14-18,26,34-36,39-40,45H,4-6,8-9,12-13,19-25,27-33H2,1-3H3,(H,61,67)(H,58,59,60)/p+1/t45-,54-,66?/m1/s1. The van der Waals surface area contributed by atoms with Gasteiger partial charge in [0.05, 0.1) is 23.2 Å². The number of anilines is 1. The number of amides is 3. The van der Waals surface area contributed by atoms with Crippen molar-refractivity contribution >= 4 is 74.8 Å². The normalized spacial score (nSPS) is 22.5. The Labute approximate surface area is 435 Å². The van der Waals surface area contributed by atoms with Gasteiger partial charge in [-0.25, -0.2) is 14.4 Å². The molecule has 4 aromatic rings. The number of hydrogen-bond donors (Lipinski definition) is 3. The van der Waals surface area contributed by atoms with Gasteiger partial charge >= 0.3 is 11.9 Å². The lowest BCUT2D eigenvalue weighted by molar-refractivity contribution is -0.521. The fourth-order valence-corrected chi connectivity index (χ4v) is 12.7. The monoisotopic (exact) mass is 1100 g/mol. The second kappa shape index (κ2) is 20.9. The minimum absolute atomic E-state index is 0.0383. The first-order valence-electron chi connectivity index (χ1n) is 26.1. The molecule has 2 saturated carbocycles. The summed E-state index contributed by atoms with van der Waals surface area (Å²) >= 11 is 8.98. The van der Waals surface area contributed by atoms with Gasteiger partial charge in [0, 0.05) is 81.9 Å². The Hall–Kier alpha value is -4.39. The Morgan fingerprint density at radius 1 is 0.901 bits per heavy atom. The summed E-state index contributed by atoms with van der Waals surface area (Å²) in [5.74, 6) is 1.03. The molecule has 3 N–H and O–H groups in total. The summed E-state index contributed by atoms with van der Waals surface area (Å²) in [5.41, 5.74) is 1.38. The average Bonchev–Trinajstić information content (AvgIpc) is 4.25. The number of nitrogens with zero attached hydrogens (tertiary/aromatic N) is 6. The van der Waals surface area contributed by atoms with Crippen molar-refractivity contribution in [3.63, 3.8) is 0 Å². The van der Waals surface area contributed by atoms with Crippen molar-refractivity contribution in [3.8, 4) is 0 Å². The zero-order chi connectivity index (χ0) is 49.5. The van der Waals surface area contributed by atoms with Gasteiger partial charge in [-0.3, -0.25) is 14.6 Å². The first-order chi connectivity index (χ1) is 34.2. The van der Waals surface area contributed by atoms with E-state index in [1.807, 2.05) is 55.0 Å². The van der Waals surface area contributed by atoms with Crippen molar-refractivity contribution in [1.29, 1.82) is 0 Å². The summed E-state index contributed by atoms with van der Waals surface area (Å²) < 4.78 is 27.8. The molecule has 0 unspecified atom stereocenters. The van der Waals surface area contributed by atoms with Gasteiger partial charge in [-0.05, 0) is 136 Å². The molecule has 2 aromatic carbocycles. The second-order valence-electron chi connectivity index (χ2n) is 21.8. The average molecular weight is 1110 g/mol. The maximum Gasteiger partial charge on any atom is 0.508 e. The number of nitrogens with one attached hydrogen (secondary N) is 3. The number of benzene rings is 2. The molecule has 4 aliphatic heterocycles. The molecule has 2 atom stereocenters. The maximum atomic E-state index is 15.5. The van der Waals surface area contributed by atoms with Crippen LogP contribution in [0.2, 0.25) is 5.02 Å². The van der Waals surface area contributed by atoms with E-state index in [1.165, 1.54) is 0 Å². The molecule has 6 heterocycles. The lowest BCUT2D eigenvalue weighted by Gasteiger charge is -2.39. The van der Waals surface area contributed by atoms with Crippen molar-refractivity contribution in [3.05, 3.63) is 88.6 Å². The molecule has 380 valence electrons. The number of H-pyrrole nitrogens is 1. The Bertz CT molecular complexity index is 2590. The molecular formula is C54H69ClFIN9O5+. The van der Waals surface area contributed by atoms with Gasteiger partial charge in [-0.1, -0.05) is 55.1 Å². The number of alkyl halides is 1. The summed E-state index contributed by atoms with van der Waals surface area (Å²) in [6.07, 6.45) is 15.7. The van der Waals surface area contributed by atoms with Crippen molar-refractivity contribution in [1.82, 2.24) is 35.0 Å². The van der Waals surface area contributed by atoms with Crippen LogP contribution in [-0.2, 0) is 17.8 Å². The number of carbonyl (C=O) groups is 3. The fourth-order valence-electron chi connectivity index (χ4n) is 11.7. The van der Waals surface area contributed by atoms with Crippen molar-refractivity contribution in [2.45, 2.75) is 150 Å². The van der Waals surface area contributed by atoms with Crippen LogP contribution in [-0.4, -0.2) is 129 Å². The van der Waals surface area contributed by atoms with Gasteiger partial charge < -0.3 is 34.5 Å². The molecule has 2 aliphatic carbocycles. The highest BCUT2D eigenvalue weighted by Crippen LogP contribution is 2.46. The van der Waals surface area contributed by atoms with Gasteiger partial charge in [0.1, 0.15) is 35.3 Å². The number of fused-ring (bicyclic) bond motifs is 1. The smallest absolute Gasteiger partial charge is 0.425 e. The van der Waals surface area contributed by atoms with Crippen molar-refractivity contribution < 1.29 is 33.2 Å². The molecular weight excluding hydrogens is 1040 g/mol. The van der Waals surface area contributed by atoms with E-state index in [-0.39, 0.29) is 41.6 Å². The predicted molar refractivity (Wildman–Crippen MR) is 280 cm³/mol. The molecule has 3 amide bonds. The first-order valence-corrected chi connectivity index (χ1v) is 27.6. The quantitative estimate of drug-likeness (QED) is 0.0521. The Kier molecular flexibility index (Phi) is 14.7. The molecule has 6 aliphatic rings. The van der Waals surface area contributed by atoms with E-state index in [2.05, 4.69) is 69.8 Å². The third-order valence-electron chi connectivity index (χ3n) is 15.9. The third-order valence-corrected chi connectivity index (χ3v) is 17.6. The molecule has 0 radical (unpaired) electrons. The van der Waals surface area contributed by atoms with Crippen LogP contribution in [0.3, 0.4) is 0 Å². The summed E-state index contributed by atoms with van der Waals surface area (Å²) in [6.45, 7) is 10.9. The molecule has 2 aromatic heterocycles. The largest absolute Gasteiger partial charge is 0.508 e. The lowest BCUT2D eigenvalue weighted by Crippen LogP contribution is -2.83. The van der Waals surface area contributed by atoms with E-state index >= 15 is 4.39 Å². The molecule has 17 heteroatoms. The fraction of sp³-hybridized carbons (Fsp3) is 0.593. The van der Waals surface area contributed by atoms with Crippen molar-refractivity contribution in [2.75, 3.05) is 50.7 Å². The van der Waals surface area contributed by atoms with E-state index in [0.29, 0.717) is 36.8 Å². The number of hydrogen-bond acceptors (Lipinski definition) is 9. The third kappa shape index (κ3) is 11.1. The van der Waals surface area contributed by atoms with Gasteiger partial charge in [0.2, 0.25) is 11.4 Å². The highest BCUT2D eigenvalue weighted by Gasteiger charge is 2.75. The predicted octanol–water partition coefficient (Wildman–Crippen LogP) is 8.23. The highest BCUT2D eigenvalue weighted by molar-refractivity contribution is 14.1. The topological polar surface area (TPSA) is 150 Å². The molecule has 4 saturated heterocycles. The van der Waals surface area contributed by atoms with Crippen LogP contribution < -0.4 is 15.2 Å². The second-order valence-corrected chi connectivity index (χ2v) is 24.1. The van der Waals surface area contributed by atoms with Crippen molar-refractivity contribution in [2.24, 2.45) is 5.92 Å². The summed E-state index contributed by atoms with van der Waals surface area (Å²) in [4.78, 5) is 66.7. The molecule has 0 bridgehead atoms. The van der Waals surface area contributed by atoms with E-state index in [9.17, 15) is 14.4 Å². The molecule has 1 spiro atoms. The molecule has 6 fully saturated rings. The summed E-state index contributed by atoms with van der Waals surface area (Å²) in [7, 11) is 0. The van der Waals surface area contributed by atoms with E-state index in [0.717, 1.165) is 138 Å². The zero-order valence-corrected chi connectivity index (χ0v) is 44.3. The van der Waals surface area contributed by atoms with Crippen LogP contribution in [0.4, 0.5) is 15.0 Å². The number of ether oxygens (including phenoxy) is 2. The van der Waals surface area contributed by atoms with Crippen LogP contribution in [0, 0.1) is 11.7 Å². The number of carbonyl (C=O) groups excluding carboxylic acids is 3. The van der Waals surface area contributed by atoms with E-state index < -0.39 is 32.5 Å². The molecule has 10 rings (SSSR count). The number of piperidine rings is 3. The van der Waals surface area contributed by atoms with Crippen LogP contribution in [0.5, 0.6) is 0 Å². The van der Waals surface area contributed by atoms with Gasteiger partial charge in [0.15, 0.2) is 3.55 Å². The summed E-state index contributed by atoms with van der Waals surface area (Å²) in [5, 5.41) is 4.70. The van der Waals surface area contributed by atoms with E-state index in [4.69, 9.17) is 21.1 Å². The van der Waals surface area contributed by atoms with Gasteiger partial charge in [-0.2, -0.15) is 4.79 Å². The van der Waals surface area contributed by atoms with Gasteiger partial charge in [-0.15, -0.1) is 4.90 Å². The lowest BCUT2D eigenvalue weighted by atomic mass is 9.83. The number of amidine groups is 1. The van der Waals surface area contributed by atoms with Crippen LogP contribution >= 0.6 is 34.2 Å².